The summed E-state index contributed by atoms with van der Waals surface area (Å²) in [5, 5.41) is 0. The highest BCUT2D eigenvalue weighted by Crippen LogP contribution is 2.31. The van der Waals surface area contributed by atoms with Gasteiger partial charge in [0.1, 0.15) is 0 Å². The fraction of sp³-hybridized carbons (Fsp3) is 1.00. The van der Waals surface area contributed by atoms with Crippen LogP contribution in [0.15, 0.2) is 0 Å². The molecule has 0 aliphatic carbocycles. The number of rotatable bonds is 1. The second kappa shape index (κ2) is 3.09. The molecule has 0 unspecified atom stereocenters. The first-order valence-electron chi connectivity index (χ1n) is 3.18. The van der Waals surface area contributed by atoms with Gasteiger partial charge in [-0.25, -0.2) is 8.42 Å². The number of hydrogen-bond acceptors (Lipinski definition) is 2. The first-order chi connectivity index (χ1) is 5.40. The first-order valence-corrected chi connectivity index (χ1v) is 4.62. The molecule has 0 atom stereocenters. The molecule has 0 saturated heterocycles. The Kier molecular flexibility index (Phi) is 3.00. The molecule has 0 aliphatic rings. The van der Waals surface area contributed by atoms with Crippen LogP contribution >= 0.6 is 0 Å². The Bertz CT molecular complexity index is 276. The smallest absolute Gasteiger partial charge is 0.200 e. The van der Waals surface area contributed by atoms with Crippen molar-refractivity contribution in [2.24, 2.45) is 0 Å². The van der Waals surface area contributed by atoms with Gasteiger partial charge in [-0.2, -0.15) is 13.2 Å². The lowest BCUT2D eigenvalue weighted by Gasteiger charge is -2.26. The monoisotopic (exact) mass is 223 g/mol. The van der Waals surface area contributed by atoms with Crippen LogP contribution in [-0.2, 0) is 10.0 Å². The molecule has 0 amide bonds. The average Bonchev–Trinajstić information content (AvgIpc) is 1.81. The Morgan fingerprint density at radius 1 is 1.08 bits per heavy atom. The lowest BCUT2D eigenvalue weighted by Crippen LogP contribution is -2.45. The highest BCUT2D eigenvalue weighted by atomic mass is 32.2. The Morgan fingerprint density at radius 2 is 1.38 bits per heavy atom. The molecule has 0 fully saturated rings. The summed E-state index contributed by atoms with van der Waals surface area (Å²) in [5.41, 5.74) is -7.34. The van der Waals surface area contributed by atoms with E-state index in [1.165, 1.54) is 0 Å². The number of alkyl halides is 3. The Balaban J connectivity index is 5.12. The minimum absolute atomic E-state index is 1.01. The van der Waals surface area contributed by atoms with Gasteiger partial charge >= 0.3 is 15.5 Å². The zero-order valence-electron chi connectivity index (χ0n) is 7.18. The van der Waals surface area contributed by atoms with Gasteiger partial charge in [0.25, 0.3) is 0 Å². The van der Waals surface area contributed by atoms with Gasteiger partial charge in [-0.1, -0.05) is 0 Å². The van der Waals surface area contributed by atoms with E-state index in [0.29, 0.717) is 0 Å². The highest BCUT2D eigenvalue weighted by Gasteiger charge is 2.54. The molecule has 0 spiro atoms. The minimum atomic E-state index is -5.87. The fourth-order valence-corrected chi connectivity index (χ4v) is 1.35. The number of halogens is 4. The van der Waals surface area contributed by atoms with Gasteiger partial charge in [-0.15, -0.1) is 4.48 Å². The average molecular weight is 223 g/mol. The summed E-state index contributed by atoms with van der Waals surface area (Å²) in [4.78, 5) is 0. The van der Waals surface area contributed by atoms with Crippen LogP contribution < -0.4 is 0 Å². The molecule has 0 rings (SSSR count). The van der Waals surface area contributed by atoms with Crippen molar-refractivity contribution >= 4 is 10.0 Å². The molecule has 0 saturated carbocycles. The summed E-state index contributed by atoms with van der Waals surface area (Å²) in [6.07, 6.45) is 0. The van der Waals surface area contributed by atoms with Crippen LogP contribution in [0.25, 0.3) is 0 Å². The van der Waals surface area contributed by atoms with E-state index in [1.54, 1.807) is 0 Å². The first kappa shape index (κ1) is 12.6. The van der Waals surface area contributed by atoms with Crippen LogP contribution in [0.1, 0.15) is 20.8 Å². The molecule has 8 heteroatoms. The second-order valence-electron chi connectivity index (χ2n) is 3.34. The van der Waals surface area contributed by atoms with E-state index in [9.17, 15) is 26.1 Å². The van der Waals surface area contributed by atoms with Crippen LogP contribution in [0.3, 0.4) is 0 Å². The van der Waals surface area contributed by atoms with Crippen LogP contribution in [0.2, 0.25) is 0 Å². The van der Waals surface area contributed by atoms with Gasteiger partial charge in [-0.3, -0.25) is 0 Å². The van der Waals surface area contributed by atoms with Crippen molar-refractivity contribution < 1.29 is 26.1 Å². The number of nitrogens with zero attached hydrogens (tertiary/aromatic N) is 1. The summed E-state index contributed by atoms with van der Waals surface area (Å²) in [5.74, 6) is 0. The Labute approximate surface area is 73.3 Å². The third-order valence-electron chi connectivity index (χ3n) is 1.03. The van der Waals surface area contributed by atoms with Gasteiger partial charge in [0.05, 0.1) is 5.54 Å². The van der Waals surface area contributed by atoms with E-state index in [1.807, 2.05) is 0 Å². The van der Waals surface area contributed by atoms with E-state index in [2.05, 4.69) is 0 Å². The standard InChI is InChI=1S/C5H9F4NO2S/c1-4(2,3)10(9)13(11,12)5(6,7)8/h1-3H3. The SMILES string of the molecule is CC(C)(C)N(F)S(=O)(=O)C(F)(F)F. The predicted octanol–water partition coefficient (Wildman–Crippen LogP) is 1.82. The molecule has 80 valence electrons. The lowest BCUT2D eigenvalue weighted by molar-refractivity contribution is -0.0673. The zero-order chi connectivity index (χ0) is 11.1. The second-order valence-corrected chi connectivity index (χ2v) is 5.07. The van der Waals surface area contributed by atoms with Crippen LogP contribution in [0.5, 0.6) is 0 Å². The highest BCUT2D eigenvalue weighted by molar-refractivity contribution is 7.89. The van der Waals surface area contributed by atoms with Gasteiger partial charge in [0.2, 0.25) is 0 Å². The summed E-state index contributed by atoms with van der Waals surface area (Å²) >= 11 is 0. The normalized spacial score (nSPS) is 15.1. The van der Waals surface area contributed by atoms with Crippen LogP contribution in [0.4, 0.5) is 17.7 Å². The minimum Gasteiger partial charge on any atom is -0.200 e. The summed E-state index contributed by atoms with van der Waals surface area (Å²) in [7, 11) is -5.87. The van der Waals surface area contributed by atoms with Crippen molar-refractivity contribution in [3.63, 3.8) is 0 Å². The van der Waals surface area contributed by atoms with Crippen LogP contribution in [0, 0.1) is 0 Å². The van der Waals surface area contributed by atoms with Gasteiger partial charge in [0, 0.05) is 0 Å². The molecule has 0 aromatic heterocycles. The molecular weight excluding hydrogens is 214 g/mol. The molecule has 0 heterocycles. The molecule has 0 aliphatic heterocycles. The van der Waals surface area contributed by atoms with Crippen LogP contribution in [-0.4, -0.2) is 24.0 Å². The summed E-state index contributed by atoms with van der Waals surface area (Å²) < 4.78 is 67.6. The van der Waals surface area contributed by atoms with Gasteiger partial charge < -0.3 is 0 Å². The third-order valence-corrected chi connectivity index (χ3v) is 2.59. The van der Waals surface area contributed by atoms with E-state index in [-0.39, 0.29) is 0 Å². The van der Waals surface area contributed by atoms with E-state index < -0.39 is 25.6 Å². The molecule has 0 N–H and O–H groups in total. The number of hydrogen-bond donors (Lipinski definition) is 0. The molecule has 0 aromatic carbocycles. The fourth-order valence-electron chi connectivity index (χ4n) is 0.451. The Hall–Kier alpha value is -0.370. The molecular formula is C5H9F4NO2S. The van der Waals surface area contributed by atoms with E-state index >= 15 is 0 Å². The largest absolute Gasteiger partial charge is 0.514 e. The van der Waals surface area contributed by atoms with Gasteiger partial charge in [0.15, 0.2) is 0 Å². The van der Waals surface area contributed by atoms with Crippen molar-refractivity contribution in [2.75, 3.05) is 0 Å². The Morgan fingerprint density at radius 3 is 1.46 bits per heavy atom. The van der Waals surface area contributed by atoms with Crippen molar-refractivity contribution in [1.29, 1.82) is 0 Å². The molecule has 0 bridgehead atoms. The molecule has 13 heavy (non-hydrogen) atoms. The molecule has 3 nitrogen and oxygen atoms in total. The van der Waals surface area contributed by atoms with Crippen molar-refractivity contribution in [2.45, 2.75) is 31.8 Å². The molecule has 0 aromatic rings. The van der Waals surface area contributed by atoms with Crippen molar-refractivity contribution in [3.8, 4) is 0 Å². The van der Waals surface area contributed by atoms with Crippen molar-refractivity contribution in [3.05, 3.63) is 0 Å². The number of sulfonamides is 1. The van der Waals surface area contributed by atoms with E-state index in [4.69, 9.17) is 0 Å². The van der Waals surface area contributed by atoms with E-state index in [0.717, 1.165) is 20.8 Å². The quantitative estimate of drug-likeness (QED) is 0.502. The zero-order valence-corrected chi connectivity index (χ0v) is 8.00. The molecule has 0 radical (unpaired) electrons. The third kappa shape index (κ3) is 2.53. The maximum atomic E-state index is 12.7. The predicted molar refractivity (Wildman–Crippen MR) is 37.7 cm³/mol. The van der Waals surface area contributed by atoms with Crippen molar-refractivity contribution in [1.82, 2.24) is 4.53 Å². The summed E-state index contributed by atoms with van der Waals surface area (Å²) in [6, 6.07) is 0. The maximum absolute atomic E-state index is 12.7. The maximum Gasteiger partial charge on any atom is 0.514 e. The lowest BCUT2D eigenvalue weighted by atomic mass is 10.1. The summed E-state index contributed by atoms with van der Waals surface area (Å²) in [6.45, 7) is 3.03. The van der Waals surface area contributed by atoms with Gasteiger partial charge in [-0.05, 0) is 25.3 Å². The topological polar surface area (TPSA) is 37.4 Å².